The molecule has 0 saturated carbocycles. The van der Waals surface area contributed by atoms with E-state index >= 15 is 0 Å². The van der Waals surface area contributed by atoms with Gasteiger partial charge in [0.05, 0.1) is 13.2 Å². The fourth-order valence-electron chi connectivity index (χ4n) is 3.33. The number of hydrogen-bond acceptors (Lipinski definition) is 4. The van der Waals surface area contributed by atoms with Gasteiger partial charge in [0.25, 0.3) is 0 Å². The Kier molecular flexibility index (Phi) is 18.2. The standard InChI is InChI=1S/C25H54O4Si2/c1-8-9-10-11-12-13-14-15-16-17-18-19-20-21-25(26)29-24(22-27-30(2,3)4)23-28-31(5,6)7/h24H,8-23H2,1-7H3. The Hall–Kier alpha value is -0.176. The van der Waals surface area contributed by atoms with Crippen LogP contribution in [0.15, 0.2) is 0 Å². The normalized spacial score (nSPS) is 12.5. The zero-order valence-corrected chi connectivity index (χ0v) is 24.0. The molecule has 0 atom stereocenters. The average molecular weight is 475 g/mol. The number of carbonyl (C=O) groups is 1. The number of esters is 1. The molecule has 0 amide bonds. The molecular formula is C25H54O4Si2. The second-order valence-corrected chi connectivity index (χ2v) is 20.0. The molecule has 0 N–H and O–H groups in total. The molecule has 31 heavy (non-hydrogen) atoms. The molecule has 186 valence electrons. The van der Waals surface area contributed by atoms with Gasteiger partial charge in [0, 0.05) is 6.42 Å². The van der Waals surface area contributed by atoms with E-state index in [9.17, 15) is 4.79 Å². The molecule has 6 heteroatoms. The van der Waals surface area contributed by atoms with Crippen LogP contribution in [-0.4, -0.2) is 41.9 Å². The Morgan fingerprint density at radius 1 is 0.613 bits per heavy atom. The van der Waals surface area contributed by atoms with Crippen LogP contribution in [0.2, 0.25) is 39.3 Å². The Bertz CT molecular complexity index is 412. The highest BCUT2D eigenvalue weighted by molar-refractivity contribution is 6.70. The number of ether oxygens (including phenoxy) is 1. The Labute approximate surface area is 196 Å². The van der Waals surface area contributed by atoms with Crippen LogP contribution < -0.4 is 0 Å². The third kappa shape index (κ3) is 24.3. The molecule has 0 unspecified atom stereocenters. The second-order valence-electron chi connectivity index (χ2n) is 11.0. The number of unbranched alkanes of at least 4 members (excludes halogenated alkanes) is 12. The summed E-state index contributed by atoms with van der Waals surface area (Å²) in [5.41, 5.74) is 0. The van der Waals surface area contributed by atoms with Crippen LogP contribution in [0.1, 0.15) is 96.8 Å². The van der Waals surface area contributed by atoms with Crippen molar-refractivity contribution in [2.75, 3.05) is 13.2 Å². The molecule has 0 bridgehead atoms. The maximum Gasteiger partial charge on any atom is 0.306 e. The van der Waals surface area contributed by atoms with E-state index < -0.39 is 16.6 Å². The van der Waals surface area contributed by atoms with Crippen molar-refractivity contribution in [2.45, 2.75) is 142 Å². The molecule has 0 radical (unpaired) electrons. The summed E-state index contributed by atoms with van der Waals surface area (Å²) in [5, 5.41) is 0. The minimum Gasteiger partial charge on any atom is -0.458 e. The van der Waals surface area contributed by atoms with Gasteiger partial charge in [-0.25, -0.2) is 0 Å². The molecule has 0 aliphatic rings. The first-order valence-electron chi connectivity index (χ1n) is 13.0. The predicted molar refractivity (Wildman–Crippen MR) is 139 cm³/mol. The minimum atomic E-state index is -1.64. The summed E-state index contributed by atoms with van der Waals surface area (Å²) < 4.78 is 17.7. The molecule has 0 aromatic rings. The molecular weight excluding hydrogens is 420 g/mol. The SMILES string of the molecule is CCCCCCCCCCCCCCCC(=O)OC(CO[Si](C)(C)C)CO[Si](C)(C)C. The Balaban J connectivity index is 3.82. The maximum absolute atomic E-state index is 12.3. The first kappa shape index (κ1) is 30.8. The van der Waals surface area contributed by atoms with Gasteiger partial charge >= 0.3 is 5.97 Å². The van der Waals surface area contributed by atoms with Gasteiger partial charge in [0.1, 0.15) is 6.10 Å². The van der Waals surface area contributed by atoms with E-state index in [0.29, 0.717) is 19.6 Å². The summed E-state index contributed by atoms with van der Waals surface area (Å²) in [7, 11) is -3.28. The van der Waals surface area contributed by atoms with Crippen LogP contribution in [0.4, 0.5) is 0 Å². The average Bonchev–Trinajstić information content (AvgIpc) is 2.66. The molecule has 0 spiro atoms. The molecule has 0 saturated heterocycles. The lowest BCUT2D eigenvalue weighted by Gasteiger charge is -2.26. The molecule has 0 aromatic heterocycles. The van der Waals surface area contributed by atoms with E-state index in [1.165, 1.54) is 70.6 Å². The van der Waals surface area contributed by atoms with Gasteiger partial charge in [-0.2, -0.15) is 0 Å². The van der Waals surface area contributed by atoms with Gasteiger partial charge in [0.15, 0.2) is 16.6 Å². The van der Waals surface area contributed by atoms with Gasteiger partial charge in [-0.15, -0.1) is 0 Å². The van der Waals surface area contributed by atoms with Crippen LogP contribution in [-0.2, 0) is 18.4 Å². The molecule has 0 rings (SSSR count). The van der Waals surface area contributed by atoms with Crippen LogP contribution in [0.3, 0.4) is 0 Å². The van der Waals surface area contributed by atoms with Crippen molar-refractivity contribution < 1.29 is 18.4 Å². The first-order valence-corrected chi connectivity index (χ1v) is 19.8. The van der Waals surface area contributed by atoms with E-state index in [-0.39, 0.29) is 12.1 Å². The van der Waals surface area contributed by atoms with Gasteiger partial charge in [0.2, 0.25) is 0 Å². The lowest BCUT2D eigenvalue weighted by molar-refractivity contribution is -0.152. The fourth-order valence-corrected chi connectivity index (χ4v) is 4.71. The smallest absolute Gasteiger partial charge is 0.306 e. The minimum absolute atomic E-state index is 0.105. The third-order valence-electron chi connectivity index (χ3n) is 5.19. The molecule has 0 fully saturated rings. The predicted octanol–water partition coefficient (Wildman–Crippen LogP) is 8.08. The van der Waals surface area contributed by atoms with Crippen LogP contribution >= 0.6 is 0 Å². The summed E-state index contributed by atoms with van der Waals surface area (Å²) in [6.45, 7) is 16.1. The summed E-state index contributed by atoms with van der Waals surface area (Å²) in [6.07, 6.45) is 17.2. The van der Waals surface area contributed by atoms with Crippen molar-refractivity contribution in [2.24, 2.45) is 0 Å². The monoisotopic (exact) mass is 474 g/mol. The Morgan fingerprint density at radius 2 is 0.968 bits per heavy atom. The van der Waals surface area contributed by atoms with E-state index in [1.807, 2.05) is 0 Å². The van der Waals surface area contributed by atoms with Gasteiger partial charge in [-0.1, -0.05) is 84.0 Å². The zero-order valence-electron chi connectivity index (χ0n) is 22.0. The Morgan fingerprint density at radius 3 is 1.32 bits per heavy atom. The summed E-state index contributed by atoms with van der Waals surface area (Å²) in [4.78, 5) is 12.3. The molecule has 0 aliphatic carbocycles. The number of hydrogen-bond donors (Lipinski definition) is 0. The van der Waals surface area contributed by atoms with E-state index in [1.54, 1.807) is 0 Å². The van der Waals surface area contributed by atoms with Gasteiger partial charge < -0.3 is 13.6 Å². The maximum atomic E-state index is 12.3. The van der Waals surface area contributed by atoms with E-state index in [0.717, 1.165) is 12.8 Å². The zero-order chi connectivity index (χ0) is 23.6. The molecule has 0 aliphatic heterocycles. The fraction of sp³-hybridized carbons (Fsp3) is 0.960. The third-order valence-corrected chi connectivity index (χ3v) is 7.25. The second kappa shape index (κ2) is 18.3. The van der Waals surface area contributed by atoms with Crippen LogP contribution in [0.5, 0.6) is 0 Å². The van der Waals surface area contributed by atoms with Crippen molar-refractivity contribution in [3.63, 3.8) is 0 Å². The van der Waals surface area contributed by atoms with Gasteiger partial charge in [-0.3, -0.25) is 4.79 Å². The topological polar surface area (TPSA) is 44.8 Å². The van der Waals surface area contributed by atoms with Crippen molar-refractivity contribution in [3.8, 4) is 0 Å². The van der Waals surface area contributed by atoms with Crippen molar-refractivity contribution in [1.29, 1.82) is 0 Å². The number of carbonyl (C=O) groups excluding carboxylic acids is 1. The summed E-state index contributed by atoms with van der Waals surface area (Å²) in [5.74, 6) is -0.105. The van der Waals surface area contributed by atoms with E-state index in [4.69, 9.17) is 13.6 Å². The largest absolute Gasteiger partial charge is 0.458 e. The highest BCUT2D eigenvalue weighted by Crippen LogP contribution is 2.14. The van der Waals surface area contributed by atoms with Crippen molar-refractivity contribution >= 4 is 22.6 Å². The summed E-state index contributed by atoms with van der Waals surface area (Å²) >= 11 is 0. The molecule has 4 nitrogen and oxygen atoms in total. The van der Waals surface area contributed by atoms with E-state index in [2.05, 4.69) is 46.2 Å². The lowest BCUT2D eigenvalue weighted by Crippen LogP contribution is -2.38. The number of rotatable bonds is 21. The molecule has 0 heterocycles. The quantitative estimate of drug-likeness (QED) is 0.0957. The van der Waals surface area contributed by atoms with Crippen LogP contribution in [0, 0.1) is 0 Å². The summed E-state index contributed by atoms with van der Waals surface area (Å²) in [6, 6.07) is 0. The molecule has 0 aromatic carbocycles. The lowest BCUT2D eigenvalue weighted by atomic mass is 10.0. The first-order chi connectivity index (χ1) is 14.5. The van der Waals surface area contributed by atoms with Crippen LogP contribution in [0.25, 0.3) is 0 Å². The van der Waals surface area contributed by atoms with Gasteiger partial charge in [-0.05, 0) is 45.7 Å². The van der Waals surface area contributed by atoms with Crippen molar-refractivity contribution in [3.05, 3.63) is 0 Å². The highest BCUT2D eigenvalue weighted by atomic mass is 28.4. The highest BCUT2D eigenvalue weighted by Gasteiger charge is 2.23. The van der Waals surface area contributed by atoms with Crippen molar-refractivity contribution in [1.82, 2.24) is 0 Å².